The van der Waals surface area contributed by atoms with Crippen LogP contribution >= 0.6 is 0 Å². The maximum absolute atomic E-state index is 11.6. The highest BCUT2D eigenvalue weighted by molar-refractivity contribution is 4.67. The van der Waals surface area contributed by atoms with Crippen LogP contribution in [-0.4, -0.2) is 19.9 Å². The quantitative estimate of drug-likeness (QED) is 0.520. The number of hydrogen-bond donors (Lipinski definition) is 0. The van der Waals surface area contributed by atoms with Gasteiger partial charge in [-0.1, -0.05) is 12.8 Å². The highest BCUT2D eigenvalue weighted by atomic mass is 19.1. The molecule has 0 aliphatic rings. The van der Waals surface area contributed by atoms with Gasteiger partial charge in [-0.15, -0.1) is 0 Å². The van der Waals surface area contributed by atoms with E-state index in [4.69, 9.17) is 10.00 Å². The van der Waals surface area contributed by atoms with E-state index >= 15 is 0 Å². The van der Waals surface area contributed by atoms with Gasteiger partial charge in [0.2, 0.25) is 0 Å². The number of alkyl halides is 1. The van der Waals surface area contributed by atoms with E-state index in [-0.39, 0.29) is 6.67 Å². The lowest BCUT2D eigenvalue weighted by Crippen LogP contribution is -1.97. The molecule has 0 aliphatic heterocycles. The lowest BCUT2D eigenvalue weighted by Gasteiger charge is -2.01. The third-order valence-electron chi connectivity index (χ3n) is 1.75. The number of nitriles is 1. The van der Waals surface area contributed by atoms with Crippen LogP contribution in [0.25, 0.3) is 0 Å². The molecule has 0 heterocycles. The summed E-state index contributed by atoms with van der Waals surface area (Å²) in [7, 11) is 0. The molecule has 0 aliphatic carbocycles. The molecule has 0 saturated carbocycles. The van der Waals surface area contributed by atoms with Crippen LogP contribution < -0.4 is 0 Å². The Balaban J connectivity index is 2.80. The van der Waals surface area contributed by atoms with Crippen molar-refractivity contribution in [3.8, 4) is 6.07 Å². The minimum atomic E-state index is -0.290. The Hall–Kier alpha value is -0.620. The Morgan fingerprint density at radius 3 is 2.38 bits per heavy atom. The first-order valence-electron chi connectivity index (χ1n) is 4.92. The molecule has 0 N–H and O–H groups in total. The fourth-order valence-electron chi connectivity index (χ4n) is 1.02. The number of ether oxygens (including phenoxy) is 1. The van der Waals surface area contributed by atoms with E-state index in [9.17, 15) is 4.39 Å². The SMILES string of the molecule is N#CCCCCCCOCCCF. The van der Waals surface area contributed by atoms with Crippen molar-refractivity contribution >= 4 is 0 Å². The molecule has 0 saturated heterocycles. The zero-order valence-electron chi connectivity index (χ0n) is 8.10. The third kappa shape index (κ3) is 11.4. The number of unbranched alkanes of at least 4 members (excludes halogenated alkanes) is 4. The maximum atomic E-state index is 11.6. The minimum absolute atomic E-state index is 0.290. The van der Waals surface area contributed by atoms with Crippen LogP contribution in [-0.2, 0) is 4.74 Å². The topological polar surface area (TPSA) is 33.0 Å². The van der Waals surface area contributed by atoms with Crippen molar-refractivity contribution in [2.75, 3.05) is 19.9 Å². The molecule has 0 unspecified atom stereocenters. The predicted octanol–water partition coefficient (Wildman–Crippen LogP) is 2.84. The Morgan fingerprint density at radius 1 is 1.00 bits per heavy atom. The largest absolute Gasteiger partial charge is 0.381 e. The van der Waals surface area contributed by atoms with Crippen LogP contribution in [0.15, 0.2) is 0 Å². The van der Waals surface area contributed by atoms with Crippen molar-refractivity contribution in [1.29, 1.82) is 5.26 Å². The van der Waals surface area contributed by atoms with Gasteiger partial charge >= 0.3 is 0 Å². The molecule has 76 valence electrons. The van der Waals surface area contributed by atoms with E-state index in [0.29, 0.717) is 19.4 Å². The number of nitrogens with zero attached hydrogens (tertiary/aromatic N) is 1. The standard InChI is InChI=1S/C10H18FNO/c11-7-6-10-13-9-5-3-1-2-4-8-12/h1-7,9-10H2. The van der Waals surface area contributed by atoms with Crippen LogP contribution in [0.5, 0.6) is 0 Å². The molecular weight excluding hydrogens is 169 g/mol. The highest BCUT2D eigenvalue weighted by Crippen LogP contribution is 2.02. The second-order valence-electron chi connectivity index (χ2n) is 2.98. The minimum Gasteiger partial charge on any atom is -0.381 e. The Bertz CT molecular complexity index is 133. The molecule has 0 amide bonds. The summed E-state index contributed by atoms with van der Waals surface area (Å²) in [5.41, 5.74) is 0. The summed E-state index contributed by atoms with van der Waals surface area (Å²) in [6.45, 7) is 0.976. The van der Waals surface area contributed by atoms with E-state index in [1.807, 2.05) is 0 Å². The van der Waals surface area contributed by atoms with Crippen molar-refractivity contribution < 1.29 is 9.13 Å². The van der Waals surface area contributed by atoms with Crippen LogP contribution in [0.4, 0.5) is 4.39 Å². The smallest absolute Gasteiger partial charge is 0.0916 e. The molecule has 3 heteroatoms. The van der Waals surface area contributed by atoms with Gasteiger partial charge in [-0.05, 0) is 19.3 Å². The molecular formula is C10H18FNO. The summed E-state index contributed by atoms with van der Waals surface area (Å²) in [5.74, 6) is 0. The second-order valence-corrected chi connectivity index (χ2v) is 2.98. The van der Waals surface area contributed by atoms with Crippen LogP contribution in [0, 0.1) is 11.3 Å². The lowest BCUT2D eigenvalue weighted by molar-refractivity contribution is 0.122. The molecule has 0 bridgehead atoms. The molecule has 0 rings (SSSR count). The second kappa shape index (κ2) is 11.4. The normalized spacial score (nSPS) is 9.85. The van der Waals surface area contributed by atoms with Gasteiger partial charge in [-0.2, -0.15) is 5.26 Å². The third-order valence-corrected chi connectivity index (χ3v) is 1.75. The molecule has 13 heavy (non-hydrogen) atoms. The van der Waals surface area contributed by atoms with Crippen LogP contribution in [0.3, 0.4) is 0 Å². The van der Waals surface area contributed by atoms with Gasteiger partial charge in [0.25, 0.3) is 0 Å². The molecule has 0 radical (unpaired) electrons. The fourth-order valence-corrected chi connectivity index (χ4v) is 1.02. The van der Waals surface area contributed by atoms with Gasteiger partial charge in [-0.25, -0.2) is 0 Å². The first-order valence-corrected chi connectivity index (χ1v) is 4.92. The summed E-state index contributed by atoms with van der Waals surface area (Å²) in [4.78, 5) is 0. The predicted molar refractivity (Wildman–Crippen MR) is 50.1 cm³/mol. The Kier molecular flexibility index (Phi) is 10.8. The average Bonchev–Trinajstić information content (AvgIpc) is 2.16. The fraction of sp³-hybridized carbons (Fsp3) is 0.900. The van der Waals surface area contributed by atoms with E-state index in [0.717, 1.165) is 32.3 Å². The first kappa shape index (κ1) is 12.4. The zero-order chi connectivity index (χ0) is 9.78. The maximum Gasteiger partial charge on any atom is 0.0916 e. The summed E-state index contributed by atoms with van der Waals surface area (Å²) in [6.07, 6.45) is 5.38. The summed E-state index contributed by atoms with van der Waals surface area (Å²) in [6, 6.07) is 2.11. The Morgan fingerprint density at radius 2 is 1.69 bits per heavy atom. The van der Waals surface area contributed by atoms with Gasteiger partial charge in [0.15, 0.2) is 0 Å². The van der Waals surface area contributed by atoms with Gasteiger partial charge < -0.3 is 4.74 Å². The van der Waals surface area contributed by atoms with Gasteiger partial charge in [-0.3, -0.25) is 4.39 Å². The summed E-state index contributed by atoms with van der Waals surface area (Å²) in [5, 5.41) is 8.26. The molecule has 0 aromatic carbocycles. The molecule has 0 spiro atoms. The Labute approximate surface area is 79.7 Å². The van der Waals surface area contributed by atoms with Crippen LogP contribution in [0.2, 0.25) is 0 Å². The van der Waals surface area contributed by atoms with Crippen molar-refractivity contribution in [2.24, 2.45) is 0 Å². The molecule has 0 aromatic heterocycles. The van der Waals surface area contributed by atoms with Crippen molar-refractivity contribution in [1.82, 2.24) is 0 Å². The number of hydrogen-bond acceptors (Lipinski definition) is 2. The van der Waals surface area contributed by atoms with E-state index < -0.39 is 0 Å². The average molecular weight is 187 g/mol. The summed E-state index contributed by atoms with van der Waals surface area (Å²) >= 11 is 0. The van der Waals surface area contributed by atoms with Gasteiger partial charge in [0.1, 0.15) is 0 Å². The van der Waals surface area contributed by atoms with Gasteiger partial charge in [0.05, 0.1) is 12.7 Å². The number of halogens is 1. The molecule has 0 aromatic rings. The van der Waals surface area contributed by atoms with Crippen molar-refractivity contribution in [3.63, 3.8) is 0 Å². The zero-order valence-corrected chi connectivity index (χ0v) is 8.10. The number of rotatable bonds is 9. The van der Waals surface area contributed by atoms with E-state index in [1.165, 1.54) is 0 Å². The lowest BCUT2D eigenvalue weighted by atomic mass is 10.2. The first-order chi connectivity index (χ1) is 6.41. The summed E-state index contributed by atoms with van der Waals surface area (Å²) < 4.78 is 16.8. The van der Waals surface area contributed by atoms with Crippen molar-refractivity contribution in [2.45, 2.75) is 38.5 Å². The molecule has 0 fully saturated rings. The van der Waals surface area contributed by atoms with Crippen LogP contribution in [0.1, 0.15) is 38.5 Å². The molecule has 0 atom stereocenters. The van der Waals surface area contributed by atoms with Crippen molar-refractivity contribution in [3.05, 3.63) is 0 Å². The van der Waals surface area contributed by atoms with Gasteiger partial charge in [0, 0.05) is 19.6 Å². The van der Waals surface area contributed by atoms with E-state index in [1.54, 1.807) is 0 Å². The van der Waals surface area contributed by atoms with E-state index in [2.05, 4.69) is 6.07 Å². The highest BCUT2D eigenvalue weighted by Gasteiger charge is 1.91. The molecule has 2 nitrogen and oxygen atoms in total. The monoisotopic (exact) mass is 187 g/mol.